The van der Waals surface area contributed by atoms with Crippen LogP contribution in [-0.4, -0.2) is 19.9 Å². The molecule has 0 saturated heterocycles. The van der Waals surface area contributed by atoms with Gasteiger partial charge in [0.15, 0.2) is 0 Å². The quantitative estimate of drug-likeness (QED) is 0.702. The van der Waals surface area contributed by atoms with Gasteiger partial charge in [-0.1, -0.05) is 30.3 Å². The summed E-state index contributed by atoms with van der Waals surface area (Å²) in [5.41, 5.74) is 4.61. The molecule has 3 aromatic rings. The molecule has 0 spiro atoms. The molecule has 0 radical (unpaired) electrons. The zero-order valence-electron chi connectivity index (χ0n) is 14.6. The number of para-hydroxylation sites is 1. The maximum absolute atomic E-state index is 13.3. The van der Waals surface area contributed by atoms with Gasteiger partial charge in [0.05, 0.1) is 10.4 Å². The molecule has 2 aromatic carbocycles. The Hall–Kier alpha value is -2.40. The summed E-state index contributed by atoms with van der Waals surface area (Å²) in [7, 11) is -3.62. The number of hydrogen-bond donors (Lipinski definition) is 0. The minimum atomic E-state index is -3.62. The van der Waals surface area contributed by atoms with Gasteiger partial charge in [-0.15, -0.1) is 0 Å². The lowest BCUT2D eigenvalue weighted by Crippen LogP contribution is -2.30. The lowest BCUT2D eigenvalue weighted by molar-refractivity contribution is 0.591. The number of fused-ring (bicyclic) bond motifs is 2. The van der Waals surface area contributed by atoms with Crippen molar-refractivity contribution in [3.05, 3.63) is 64.7 Å². The summed E-state index contributed by atoms with van der Waals surface area (Å²) < 4.78 is 28.0. The van der Waals surface area contributed by atoms with Gasteiger partial charge >= 0.3 is 0 Å². The zero-order chi connectivity index (χ0) is 17.8. The van der Waals surface area contributed by atoms with Gasteiger partial charge in [0.2, 0.25) is 0 Å². The van der Waals surface area contributed by atoms with Crippen LogP contribution < -0.4 is 4.31 Å². The molecule has 25 heavy (non-hydrogen) atoms. The van der Waals surface area contributed by atoms with Crippen molar-refractivity contribution in [1.82, 2.24) is 4.98 Å². The molecule has 4 nitrogen and oxygen atoms in total. The Balaban J connectivity index is 1.90. The van der Waals surface area contributed by atoms with Crippen molar-refractivity contribution in [2.24, 2.45) is 0 Å². The highest BCUT2D eigenvalue weighted by Crippen LogP contribution is 2.35. The van der Waals surface area contributed by atoms with Crippen molar-refractivity contribution in [3.8, 4) is 0 Å². The molecule has 0 N–H and O–H groups in total. The highest BCUT2D eigenvalue weighted by Gasteiger charge is 2.33. The van der Waals surface area contributed by atoms with E-state index in [2.05, 4.69) is 6.07 Å². The second-order valence-electron chi connectivity index (χ2n) is 6.71. The standard InChI is InChI=1S/C20H20N2O2S/c1-13-7-8-14(2)18(11-13)25(23,24)22-10-9-17-12-16-6-4-5-15(3)19(16)21-20(17)22/h4-8,11-12H,9-10H2,1-3H3. The molecule has 1 aliphatic heterocycles. The topological polar surface area (TPSA) is 50.3 Å². The highest BCUT2D eigenvalue weighted by atomic mass is 32.2. The summed E-state index contributed by atoms with van der Waals surface area (Å²) in [6.45, 7) is 6.18. The van der Waals surface area contributed by atoms with Crippen molar-refractivity contribution in [3.63, 3.8) is 0 Å². The first-order valence-electron chi connectivity index (χ1n) is 8.37. The van der Waals surface area contributed by atoms with E-state index in [0.717, 1.165) is 33.2 Å². The van der Waals surface area contributed by atoms with Gasteiger partial charge in [-0.05, 0) is 61.6 Å². The minimum absolute atomic E-state index is 0.368. The van der Waals surface area contributed by atoms with Crippen LogP contribution in [0, 0.1) is 20.8 Å². The molecule has 0 saturated carbocycles. The van der Waals surface area contributed by atoms with Crippen LogP contribution in [0.2, 0.25) is 0 Å². The molecule has 5 heteroatoms. The molecule has 0 atom stereocenters. The summed E-state index contributed by atoms with van der Waals surface area (Å²) in [6, 6.07) is 13.6. The molecule has 0 bridgehead atoms. The van der Waals surface area contributed by atoms with E-state index in [1.54, 1.807) is 6.07 Å². The van der Waals surface area contributed by atoms with E-state index in [9.17, 15) is 8.42 Å². The number of hydrogen-bond acceptors (Lipinski definition) is 3. The smallest absolute Gasteiger partial charge is 0.249 e. The molecular weight excluding hydrogens is 332 g/mol. The average Bonchev–Trinajstić information content (AvgIpc) is 2.99. The molecule has 1 aliphatic rings. The van der Waals surface area contributed by atoms with Crippen molar-refractivity contribution >= 4 is 26.7 Å². The van der Waals surface area contributed by atoms with Crippen LogP contribution in [0.1, 0.15) is 22.3 Å². The summed E-state index contributed by atoms with van der Waals surface area (Å²) >= 11 is 0. The van der Waals surface area contributed by atoms with Crippen LogP contribution >= 0.6 is 0 Å². The second-order valence-corrected chi connectivity index (χ2v) is 8.54. The number of sulfonamides is 1. The third kappa shape index (κ3) is 2.50. The number of nitrogens with zero attached hydrogens (tertiary/aromatic N) is 2. The van der Waals surface area contributed by atoms with Gasteiger partial charge in [0.25, 0.3) is 10.0 Å². The fourth-order valence-electron chi connectivity index (χ4n) is 3.45. The van der Waals surface area contributed by atoms with Crippen molar-refractivity contribution < 1.29 is 8.42 Å². The summed E-state index contributed by atoms with van der Waals surface area (Å²) in [5.74, 6) is 0.572. The first-order chi connectivity index (χ1) is 11.9. The van der Waals surface area contributed by atoms with Crippen LogP contribution in [0.15, 0.2) is 47.4 Å². The molecule has 128 valence electrons. The van der Waals surface area contributed by atoms with Crippen molar-refractivity contribution in [2.75, 3.05) is 10.8 Å². The van der Waals surface area contributed by atoms with E-state index in [0.29, 0.717) is 23.7 Å². The maximum Gasteiger partial charge on any atom is 0.265 e. The summed E-state index contributed by atoms with van der Waals surface area (Å²) in [5, 5.41) is 1.06. The number of anilines is 1. The number of rotatable bonds is 2. The maximum atomic E-state index is 13.3. The first kappa shape index (κ1) is 16.1. The van der Waals surface area contributed by atoms with Crippen LogP contribution in [0.5, 0.6) is 0 Å². The monoisotopic (exact) mass is 352 g/mol. The molecule has 4 rings (SSSR count). The van der Waals surface area contributed by atoms with E-state index in [1.807, 2.05) is 51.1 Å². The number of aryl methyl sites for hydroxylation is 3. The predicted octanol–water partition coefficient (Wildman–Crippen LogP) is 3.91. The zero-order valence-corrected chi connectivity index (χ0v) is 15.4. The Morgan fingerprint density at radius 2 is 1.80 bits per heavy atom. The average molecular weight is 352 g/mol. The summed E-state index contributed by atoms with van der Waals surface area (Å²) in [6.07, 6.45) is 0.691. The molecule has 2 heterocycles. The lowest BCUT2D eigenvalue weighted by atomic mass is 10.1. The van der Waals surface area contributed by atoms with E-state index in [4.69, 9.17) is 4.98 Å². The predicted molar refractivity (Wildman–Crippen MR) is 101 cm³/mol. The minimum Gasteiger partial charge on any atom is -0.249 e. The third-order valence-corrected chi connectivity index (χ3v) is 6.77. The van der Waals surface area contributed by atoms with Gasteiger partial charge in [0, 0.05) is 11.9 Å². The van der Waals surface area contributed by atoms with E-state index in [-0.39, 0.29) is 0 Å². The Bertz CT molecular complexity index is 1100. The fraction of sp³-hybridized carbons (Fsp3) is 0.250. The van der Waals surface area contributed by atoms with Gasteiger partial charge in [-0.25, -0.2) is 17.7 Å². The summed E-state index contributed by atoms with van der Waals surface area (Å²) in [4.78, 5) is 5.09. The van der Waals surface area contributed by atoms with E-state index in [1.165, 1.54) is 4.31 Å². The third-order valence-electron chi connectivity index (χ3n) is 4.84. The Kier molecular flexibility index (Phi) is 3.58. The molecular formula is C20H20N2O2S. The van der Waals surface area contributed by atoms with E-state index >= 15 is 0 Å². The van der Waals surface area contributed by atoms with Crippen LogP contribution in [-0.2, 0) is 16.4 Å². The largest absolute Gasteiger partial charge is 0.265 e. The fourth-order valence-corrected chi connectivity index (χ4v) is 5.21. The Labute approximate surface area is 148 Å². The molecule has 0 unspecified atom stereocenters. The first-order valence-corrected chi connectivity index (χ1v) is 9.81. The van der Waals surface area contributed by atoms with Crippen LogP contribution in [0.3, 0.4) is 0 Å². The molecule has 0 amide bonds. The number of aromatic nitrogens is 1. The molecule has 0 aliphatic carbocycles. The van der Waals surface area contributed by atoms with Crippen molar-refractivity contribution in [2.45, 2.75) is 32.1 Å². The van der Waals surface area contributed by atoms with Crippen molar-refractivity contribution in [1.29, 1.82) is 0 Å². The number of benzene rings is 2. The number of pyridine rings is 1. The molecule has 0 fully saturated rings. The van der Waals surface area contributed by atoms with Crippen LogP contribution in [0.4, 0.5) is 5.82 Å². The second kappa shape index (κ2) is 5.56. The van der Waals surface area contributed by atoms with Gasteiger partial charge in [0.1, 0.15) is 5.82 Å². The SMILES string of the molecule is Cc1ccc(C)c(S(=O)(=O)N2CCc3cc4cccc(C)c4nc32)c1. The van der Waals surface area contributed by atoms with Gasteiger partial charge < -0.3 is 0 Å². The normalized spacial score (nSPS) is 14.1. The van der Waals surface area contributed by atoms with Gasteiger partial charge in [-0.3, -0.25) is 0 Å². The van der Waals surface area contributed by atoms with E-state index < -0.39 is 10.0 Å². The Morgan fingerprint density at radius 3 is 2.60 bits per heavy atom. The highest BCUT2D eigenvalue weighted by molar-refractivity contribution is 7.92. The van der Waals surface area contributed by atoms with Gasteiger partial charge in [-0.2, -0.15) is 0 Å². The lowest BCUT2D eigenvalue weighted by Gasteiger charge is -2.20. The van der Waals surface area contributed by atoms with Crippen LogP contribution in [0.25, 0.3) is 10.9 Å². The Morgan fingerprint density at radius 1 is 1.00 bits per heavy atom. The molecule has 1 aromatic heterocycles.